The topological polar surface area (TPSA) is 39.4 Å². The van der Waals surface area contributed by atoms with Crippen molar-refractivity contribution in [2.24, 2.45) is 12.0 Å². The summed E-state index contributed by atoms with van der Waals surface area (Å²) in [6.07, 6.45) is 3.75. The number of rotatable bonds is 4. The highest BCUT2D eigenvalue weighted by Gasteiger charge is 2.10. The van der Waals surface area contributed by atoms with E-state index in [2.05, 4.69) is 31.1 Å². The molecule has 0 unspecified atom stereocenters. The van der Waals surface area contributed by atoms with E-state index in [4.69, 9.17) is 9.42 Å². The molecule has 2 rings (SSSR count). The third kappa shape index (κ3) is 3.36. The minimum absolute atomic E-state index is 0.884. The van der Waals surface area contributed by atoms with Crippen molar-refractivity contribution in [3.05, 3.63) is 42.0 Å². The maximum absolute atomic E-state index is 6.02. The van der Waals surface area contributed by atoms with Crippen molar-refractivity contribution in [2.75, 3.05) is 0 Å². The van der Waals surface area contributed by atoms with Crippen LogP contribution in [-0.2, 0) is 7.05 Å². The maximum atomic E-state index is 6.02. The van der Waals surface area contributed by atoms with Gasteiger partial charge in [-0.2, -0.15) is 0 Å². The Balaban J connectivity index is 2.40. The summed E-state index contributed by atoms with van der Waals surface area (Å²) in [4.78, 5) is 9.02. The average Bonchev–Trinajstić information content (AvgIpc) is 2.80. The van der Waals surface area contributed by atoms with E-state index in [1.54, 1.807) is 6.33 Å². The highest BCUT2D eigenvalue weighted by molar-refractivity contribution is 6.49. The Kier molecular flexibility index (Phi) is 4.39. The molecule has 0 aliphatic rings. The molecule has 0 saturated heterocycles. The number of aryl methyl sites for hydroxylation is 2. The fourth-order valence-electron chi connectivity index (χ4n) is 1.95. The Hall–Kier alpha value is -1.88. The zero-order chi connectivity index (χ0) is 14.7. The van der Waals surface area contributed by atoms with Crippen molar-refractivity contribution < 1.29 is 4.43 Å². The second-order valence-corrected chi connectivity index (χ2v) is 7.54. The van der Waals surface area contributed by atoms with Gasteiger partial charge in [0, 0.05) is 13.2 Å². The normalized spacial score (nSPS) is 12.0. The van der Waals surface area contributed by atoms with Crippen LogP contribution in [0.3, 0.4) is 0 Å². The van der Waals surface area contributed by atoms with E-state index in [1.165, 1.54) is 0 Å². The van der Waals surface area contributed by atoms with Crippen LogP contribution in [0, 0.1) is 6.92 Å². The van der Waals surface area contributed by atoms with E-state index in [-0.39, 0.29) is 0 Å². The number of hydrogen-bond donors (Lipinski definition) is 0. The molecule has 1 aromatic heterocycles. The van der Waals surface area contributed by atoms with Gasteiger partial charge in [0.25, 0.3) is 0 Å². The highest BCUT2D eigenvalue weighted by atomic mass is 28.3. The molecule has 2 aromatic rings. The summed E-state index contributed by atoms with van der Waals surface area (Å²) < 4.78 is 7.94. The first kappa shape index (κ1) is 14.5. The van der Waals surface area contributed by atoms with Crippen LogP contribution in [0.25, 0.3) is 0 Å². The molecular formula is C15H21N3OSi. The van der Waals surface area contributed by atoms with Gasteiger partial charge in [-0.15, -0.1) is 0 Å². The lowest BCUT2D eigenvalue weighted by atomic mass is 10.2. The molecule has 1 heterocycles. The lowest BCUT2D eigenvalue weighted by Gasteiger charge is -2.14. The van der Waals surface area contributed by atoms with Crippen molar-refractivity contribution in [3.8, 4) is 5.75 Å². The Morgan fingerprint density at radius 2 is 2.10 bits per heavy atom. The molecule has 0 fully saturated rings. The molecule has 0 amide bonds. The molecule has 1 aromatic carbocycles. The summed E-state index contributed by atoms with van der Waals surface area (Å²) in [5.74, 6) is 0.907. The molecule has 20 heavy (non-hydrogen) atoms. The summed E-state index contributed by atoms with van der Waals surface area (Å²) in [5, 5.41) is 0. The number of aromatic nitrogens is 2. The zero-order valence-corrected chi connectivity index (χ0v) is 13.9. The first-order valence-corrected chi connectivity index (χ1v) is 9.55. The number of para-hydroxylation sites is 1. The third-order valence-corrected chi connectivity index (χ3v) is 3.62. The number of hydrogen-bond acceptors (Lipinski definition) is 3. The quantitative estimate of drug-likeness (QED) is 0.640. The van der Waals surface area contributed by atoms with Gasteiger partial charge >= 0.3 is 0 Å². The van der Waals surface area contributed by atoms with Crippen LogP contribution in [0.5, 0.6) is 5.75 Å². The van der Waals surface area contributed by atoms with Gasteiger partial charge < -0.3 is 8.99 Å². The lowest BCUT2D eigenvalue weighted by Crippen LogP contribution is -2.12. The Labute approximate surface area is 121 Å². The van der Waals surface area contributed by atoms with Crippen LogP contribution >= 0.6 is 0 Å². The monoisotopic (exact) mass is 287 g/mol. The van der Waals surface area contributed by atoms with Crippen molar-refractivity contribution in [1.82, 2.24) is 9.55 Å². The summed E-state index contributed by atoms with van der Waals surface area (Å²) in [6, 6.07) is 6.06. The molecule has 0 atom stereocenters. The zero-order valence-electron chi connectivity index (χ0n) is 12.7. The second-order valence-electron chi connectivity index (χ2n) is 5.21. The molecule has 4 nitrogen and oxygen atoms in total. The van der Waals surface area contributed by atoms with E-state index >= 15 is 0 Å². The number of imidazole rings is 1. The van der Waals surface area contributed by atoms with Gasteiger partial charge in [-0.3, -0.25) is 0 Å². The standard InChI is InChI=1S/C15H21N3OSi/c1-11-7-6-8-13(15(11)19-20(4)5)17-12(2)14-9-18(3)10-16-14/h6-10,20H,1-5H3. The van der Waals surface area contributed by atoms with Crippen LogP contribution in [0.4, 0.5) is 5.69 Å². The van der Waals surface area contributed by atoms with Crippen LogP contribution in [0.1, 0.15) is 18.2 Å². The maximum Gasteiger partial charge on any atom is 0.229 e. The SMILES string of the molecule is CC(=Nc1cccc(C)c1O[SiH](C)C)c1cn(C)cn1. The molecule has 0 radical (unpaired) electrons. The first-order chi connectivity index (χ1) is 9.47. The van der Waals surface area contributed by atoms with Crippen molar-refractivity contribution >= 4 is 20.4 Å². The lowest BCUT2D eigenvalue weighted by molar-refractivity contribution is 0.577. The van der Waals surface area contributed by atoms with Crippen LogP contribution in [0.15, 0.2) is 35.7 Å². The number of nitrogens with zero attached hydrogens (tertiary/aromatic N) is 3. The summed E-state index contributed by atoms with van der Waals surface area (Å²) in [7, 11) is 0.796. The van der Waals surface area contributed by atoms with Crippen LogP contribution in [0.2, 0.25) is 13.1 Å². The van der Waals surface area contributed by atoms with Gasteiger partial charge in [-0.05, 0) is 38.6 Å². The van der Waals surface area contributed by atoms with E-state index in [9.17, 15) is 0 Å². The van der Waals surface area contributed by atoms with Gasteiger partial charge in [-0.25, -0.2) is 9.98 Å². The molecule has 0 N–H and O–H groups in total. The van der Waals surface area contributed by atoms with Gasteiger partial charge in [-0.1, -0.05) is 12.1 Å². The molecule has 0 spiro atoms. The van der Waals surface area contributed by atoms with Crippen molar-refractivity contribution in [1.29, 1.82) is 0 Å². The van der Waals surface area contributed by atoms with Gasteiger partial charge in [0.15, 0.2) is 0 Å². The van der Waals surface area contributed by atoms with Gasteiger partial charge in [0.2, 0.25) is 9.04 Å². The van der Waals surface area contributed by atoms with E-state index in [0.29, 0.717) is 0 Å². The summed E-state index contributed by atoms with van der Waals surface area (Å²) >= 11 is 0. The molecule has 0 aliphatic carbocycles. The number of benzene rings is 1. The largest absolute Gasteiger partial charge is 0.545 e. The van der Waals surface area contributed by atoms with Gasteiger partial charge in [0.05, 0.1) is 12.0 Å². The Bertz CT molecular complexity index is 632. The predicted molar refractivity (Wildman–Crippen MR) is 85.8 cm³/mol. The smallest absolute Gasteiger partial charge is 0.229 e. The summed E-state index contributed by atoms with van der Waals surface area (Å²) in [5.41, 5.74) is 3.80. The highest BCUT2D eigenvalue weighted by Crippen LogP contribution is 2.32. The van der Waals surface area contributed by atoms with E-state index in [1.807, 2.05) is 36.9 Å². The van der Waals surface area contributed by atoms with Crippen molar-refractivity contribution in [2.45, 2.75) is 26.9 Å². The molecular weight excluding hydrogens is 266 g/mol. The second kappa shape index (κ2) is 6.05. The van der Waals surface area contributed by atoms with Gasteiger partial charge in [0.1, 0.15) is 17.1 Å². The minimum atomic E-state index is -1.16. The molecule has 0 bridgehead atoms. The first-order valence-electron chi connectivity index (χ1n) is 6.77. The fraction of sp³-hybridized carbons (Fsp3) is 0.333. The fourth-order valence-corrected chi connectivity index (χ4v) is 2.73. The minimum Gasteiger partial charge on any atom is -0.545 e. The van der Waals surface area contributed by atoms with E-state index in [0.717, 1.165) is 28.4 Å². The molecule has 5 heteroatoms. The van der Waals surface area contributed by atoms with E-state index < -0.39 is 9.04 Å². The number of aliphatic imine (C=N–C) groups is 1. The predicted octanol–water partition coefficient (Wildman–Crippen LogP) is 3.23. The Morgan fingerprint density at radius 1 is 1.35 bits per heavy atom. The summed E-state index contributed by atoms with van der Waals surface area (Å²) in [6.45, 7) is 8.35. The van der Waals surface area contributed by atoms with Crippen molar-refractivity contribution in [3.63, 3.8) is 0 Å². The molecule has 106 valence electrons. The van der Waals surface area contributed by atoms with Crippen LogP contribution in [-0.4, -0.2) is 24.3 Å². The molecule has 0 aliphatic heterocycles. The van der Waals surface area contributed by atoms with Crippen LogP contribution < -0.4 is 4.43 Å². The average molecular weight is 287 g/mol. The Morgan fingerprint density at radius 3 is 2.70 bits per heavy atom. The molecule has 0 saturated carbocycles. The third-order valence-electron chi connectivity index (χ3n) is 2.91.